The Morgan fingerprint density at radius 2 is 2.11 bits per heavy atom. The van der Waals surface area contributed by atoms with Gasteiger partial charge in [0.15, 0.2) is 0 Å². The van der Waals surface area contributed by atoms with Crippen molar-refractivity contribution in [2.24, 2.45) is 5.73 Å². The van der Waals surface area contributed by atoms with Crippen molar-refractivity contribution in [3.8, 4) is 0 Å². The molecule has 0 bridgehead atoms. The van der Waals surface area contributed by atoms with Crippen molar-refractivity contribution in [2.75, 3.05) is 13.1 Å². The molecular weight excluding hydrogens is 240 g/mol. The highest BCUT2D eigenvalue weighted by Crippen LogP contribution is 2.29. The second kappa shape index (κ2) is 6.69. The fraction of sp³-hybridized carbons (Fsp3) is 0.733. The van der Waals surface area contributed by atoms with Crippen molar-refractivity contribution < 1.29 is 0 Å². The number of thiophene rings is 1. The molecule has 0 amide bonds. The minimum Gasteiger partial charge on any atom is -0.325 e. The van der Waals surface area contributed by atoms with Gasteiger partial charge in [-0.2, -0.15) is 0 Å². The standard InChI is InChI=1S/C15H26N2S/c1-2-17(13-14-7-6-12-18-14)11-10-15(16)8-4-3-5-9-15/h6-7,12H,2-5,8-11,13,16H2,1H3. The molecule has 0 aromatic carbocycles. The summed E-state index contributed by atoms with van der Waals surface area (Å²) in [5, 5.41) is 2.16. The van der Waals surface area contributed by atoms with Gasteiger partial charge >= 0.3 is 0 Å². The van der Waals surface area contributed by atoms with Crippen LogP contribution in [0.15, 0.2) is 17.5 Å². The van der Waals surface area contributed by atoms with E-state index in [-0.39, 0.29) is 5.54 Å². The lowest BCUT2D eigenvalue weighted by atomic mass is 9.80. The Balaban J connectivity index is 1.79. The Bertz CT molecular complexity index is 328. The maximum absolute atomic E-state index is 6.51. The second-order valence-electron chi connectivity index (χ2n) is 5.62. The molecule has 102 valence electrons. The lowest BCUT2D eigenvalue weighted by Crippen LogP contribution is -2.44. The van der Waals surface area contributed by atoms with Crippen LogP contribution in [0.3, 0.4) is 0 Å². The van der Waals surface area contributed by atoms with E-state index in [0.717, 1.165) is 26.1 Å². The van der Waals surface area contributed by atoms with Crippen molar-refractivity contribution >= 4 is 11.3 Å². The molecule has 2 N–H and O–H groups in total. The van der Waals surface area contributed by atoms with Crippen molar-refractivity contribution in [1.82, 2.24) is 4.90 Å². The van der Waals surface area contributed by atoms with Crippen LogP contribution in [-0.4, -0.2) is 23.5 Å². The molecule has 1 aromatic heterocycles. The van der Waals surface area contributed by atoms with Gasteiger partial charge in [-0.25, -0.2) is 0 Å². The third kappa shape index (κ3) is 4.08. The average Bonchev–Trinajstić information content (AvgIpc) is 2.88. The van der Waals surface area contributed by atoms with Crippen molar-refractivity contribution in [3.63, 3.8) is 0 Å². The van der Waals surface area contributed by atoms with E-state index >= 15 is 0 Å². The molecule has 1 aliphatic rings. The van der Waals surface area contributed by atoms with Gasteiger partial charge in [0.2, 0.25) is 0 Å². The summed E-state index contributed by atoms with van der Waals surface area (Å²) in [5.74, 6) is 0. The average molecular weight is 266 g/mol. The third-order valence-electron chi connectivity index (χ3n) is 4.18. The van der Waals surface area contributed by atoms with Crippen molar-refractivity contribution in [1.29, 1.82) is 0 Å². The lowest BCUT2D eigenvalue weighted by molar-refractivity contribution is 0.209. The molecule has 18 heavy (non-hydrogen) atoms. The number of nitrogens with zero attached hydrogens (tertiary/aromatic N) is 1. The lowest BCUT2D eigenvalue weighted by Gasteiger charge is -2.35. The van der Waals surface area contributed by atoms with Crippen LogP contribution >= 0.6 is 11.3 Å². The van der Waals surface area contributed by atoms with Crippen LogP contribution in [-0.2, 0) is 6.54 Å². The quantitative estimate of drug-likeness (QED) is 0.852. The van der Waals surface area contributed by atoms with E-state index < -0.39 is 0 Å². The molecule has 1 heterocycles. The van der Waals surface area contributed by atoms with Crippen LogP contribution in [0.4, 0.5) is 0 Å². The fourth-order valence-electron chi connectivity index (χ4n) is 2.86. The molecule has 1 fully saturated rings. The van der Waals surface area contributed by atoms with E-state index in [1.807, 2.05) is 11.3 Å². The summed E-state index contributed by atoms with van der Waals surface area (Å²) in [6, 6.07) is 4.37. The van der Waals surface area contributed by atoms with Crippen LogP contribution in [0.1, 0.15) is 50.3 Å². The van der Waals surface area contributed by atoms with Gasteiger partial charge in [0.1, 0.15) is 0 Å². The molecule has 0 saturated heterocycles. The molecule has 1 aromatic rings. The third-order valence-corrected chi connectivity index (χ3v) is 5.04. The molecule has 0 spiro atoms. The summed E-state index contributed by atoms with van der Waals surface area (Å²) >= 11 is 1.85. The molecule has 0 aliphatic heterocycles. The maximum Gasteiger partial charge on any atom is 0.0327 e. The first-order valence-corrected chi connectivity index (χ1v) is 8.13. The van der Waals surface area contributed by atoms with Crippen molar-refractivity contribution in [3.05, 3.63) is 22.4 Å². The minimum absolute atomic E-state index is 0.126. The SMILES string of the molecule is CCN(CCC1(N)CCCCC1)Cc1cccs1. The largest absolute Gasteiger partial charge is 0.325 e. The Hall–Kier alpha value is -0.380. The van der Waals surface area contributed by atoms with E-state index in [0.29, 0.717) is 0 Å². The van der Waals surface area contributed by atoms with Gasteiger partial charge in [0.05, 0.1) is 0 Å². The Morgan fingerprint density at radius 1 is 1.33 bits per heavy atom. The van der Waals surface area contributed by atoms with Crippen LogP contribution in [0.2, 0.25) is 0 Å². The molecule has 2 rings (SSSR count). The first kappa shape index (κ1) is 14.0. The zero-order valence-corrected chi connectivity index (χ0v) is 12.3. The predicted molar refractivity (Wildman–Crippen MR) is 79.9 cm³/mol. The number of rotatable bonds is 6. The van der Waals surface area contributed by atoms with E-state index in [1.165, 1.54) is 37.0 Å². The highest BCUT2D eigenvalue weighted by Gasteiger charge is 2.27. The summed E-state index contributed by atoms with van der Waals surface area (Å²) in [6.45, 7) is 5.60. The smallest absolute Gasteiger partial charge is 0.0327 e. The topological polar surface area (TPSA) is 29.3 Å². The Labute approximate surface area is 115 Å². The first-order valence-electron chi connectivity index (χ1n) is 7.25. The molecule has 0 radical (unpaired) electrons. The Morgan fingerprint density at radius 3 is 2.72 bits per heavy atom. The van der Waals surface area contributed by atoms with Gasteiger partial charge < -0.3 is 5.73 Å². The van der Waals surface area contributed by atoms with Gasteiger partial charge in [-0.1, -0.05) is 32.3 Å². The Kier molecular flexibility index (Phi) is 5.22. The van der Waals surface area contributed by atoms with Crippen LogP contribution < -0.4 is 5.73 Å². The summed E-state index contributed by atoms with van der Waals surface area (Å²) in [6.07, 6.45) is 7.64. The summed E-state index contributed by atoms with van der Waals surface area (Å²) in [5.41, 5.74) is 6.64. The van der Waals surface area contributed by atoms with Gasteiger partial charge in [-0.05, 0) is 37.3 Å². The normalized spacial score (nSPS) is 19.3. The highest BCUT2D eigenvalue weighted by atomic mass is 32.1. The fourth-order valence-corrected chi connectivity index (χ4v) is 3.60. The number of nitrogens with two attached hydrogens (primary N) is 1. The summed E-state index contributed by atoms with van der Waals surface area (Å²) < 4.78 is 0. The van der Waals surface area contributed by atoms with E-state index in [9.17, 15) is 0 Å². The van der Waals surface area contributed by atoms with Gasteiger partial charge in [-0.3, -0.25) is 4.90 Å². The minimum atomic E-state index is 0.126. The molecule has 0 unspecified atom stereocenters. The van der Waals surface area contributed by atoms with Crippen LogP contribution in [0.5, 0.6) is 0 Å². The second-order valence-corrected chi connectivity index (χ2v) is 6.65. The highest BCUT2D eigenvalue weighted by molar-refractivity contribution is 7.09. The number of hydrogen-bond donors (Lipinski definition) is 1. The summed E-state index contributed by atoms with van der Waals surface area (Å²) in [4.78, 5) is 3.99. The predicted octanol–water partition coefficient (Wildman–Crippen LogP) is 3.62. The molecule has 3 heteroatoms. The van der Waals surface area contributed by atoms with E-state index in [4.69, 9.17) is 5.73 Å². The van der Waals surface area contributed by atoms with Crippen LogP contribution in [0.25, 0.3) is 0 Å². The zero-order valence-electron chi connectivity index (χ0n) is 11.5. The van der Waals surface area contributed by atoms with Gasteiger partial charge in [0, 0.05) is 23.5 Å². The van der Waals surface area contributed by atoms with Crippen molar-refractivity contribution in [2.45, 2.75) is 57.5 Å². The molecule has 2 nitrogen and oxygen atoms in total. The monoisotopic (exact) mass is 266 g/mol. The molecule has 0 atom stereocenters. The number of hydrogen-bond acceptors (Lipinski definition) is 3. The van der Waals surface area contributed by atoms with Gasteiger partial charge in [0.25, 0.3) is 0 Å². The first-order chi connectivity index (χ1) is 8.72. The zero-order chi connectivity index (χ0) is 12.8. The van der Waals surface area contributed by atoms with Crippen LogP contribution in [0, 0.1) is 0 Å². The van der Waals surface area contributed by atoms with E-state index in [2.05, 4.69) is 29.3 Å². The van der Waals surface area contributed by atoms with Gasteiger partial charge in [-0.15, -0.1) is 11.3 Å². The molecule has 1 saturated carbocycles. The summed E-state index contributed by atoms with van der Waals surface area (Å²) in [7, 11) is 0. The molecule has 1 aliphatic carbocycles. The maximum atomic E-state index is 6.51. The van der Waals surface area contributed by atoms with E-state index in [1.54, 1.807) is 0 Å². The molecular formula is C15H26N2S.